The van der Waals surface area contributed by atoms with Gasteiger partial charge in [0.2, 0.25) is 0 Å². The van der Waals surface area contributed by atoms with Crippen LogP contribution in [-0.2, 0) is 9.53 Å². The molecule has 4 heteroatoms. The first-order valence-electron chi connectivity index (χ1n) is 8.34. The van der Waals surface area contributed by atoms with Gasteiger partial charge in [0.15, 0.2) is 0 Å². The summed E-state index contributed by atoms with van der Waals surface area (Å²) in [5, 5.41) is 3.49. The summed E-state index contributed by atoms with van der Waals surface area (Å²) in [7, 11) is 1.45. The lowest BCUT2D eigenvalue weighted by Gasteiger charge is -2.33. The van der Waals surface area contributed by atoms with E-state index >= 15 is 0 Å². The predicted molar refractivity (Wildman–Crippen MR) is 94.3 cm³/mol. The molecule has 0 saturated carbocycles. The van der Waals surface area contributed by atoms with Crippen LogP contribution in [0.4, 0.5) is 0 Å². The fourth-order valence-corrected chi connectivity index (χ4v) is 3.54. The van der Waals surface area contributed by atoms with E-state index in [9.17, 15) is 4.79 Å². The molecule has 0 unspecified atom stereocenters. The zero-order valence-corrected chi connectivity index (χ0v) is 14.3. The third-order valence-electron chi connectivity index (χ3n) is 4.58. The first-order valence-corrected chi connectivity index (χ1v) is 8.34. The van der Waals surface area contributed by atoms with Crippen LogP contribution < -0.4 is 5.32 Å². The minimum absolute atomic E-state index is 0.0273. The molecule has 2 aromatic rings. The zero-order chi connectivity index (χ0) is 17.1. The van der Waals surface area contributed by atoms with Crippen molar-refractivity contribution in [2.45, 2.75) is 38.1 Å². The minimum Gasteiger partial charge on any atom is -0.468 e. The van der Waals surface area contributed by atoms with Gasteiger partial charge in [-0.05, 0) is 25.0 Å². The molecule has 1 aliphatic heterocycles. The van der Waals surface area contributed by atoms with E-state index in [1.165, 1.54) is 7.11 Å². The molecule has 2 aromatic carbocycles. The number of nitrogens with zero attached hydrogens (tertiary/aromatic N) is 1. The van der Waals surface area contributed by atoms with Crippen molar-refractivity contribution < 1.29 is 9.53 Å². The molecule has 3 rings (SSSR count). The molecule has 1 heterocycles. The van der Waals surface area contributed by atoms with Crippen molar-refractivity contribution in [3.63, 3.8) is 0 Å². The highest BCUT2D eigenvalue weighted by Gasteiger charge is 2.47. The molecule has 1 aliphatic rings. The number of ether oxygens (including phenoxy) is 1. The second kappa shape index (κ2) is 7.16. The lowest BCUT2D eigenvalue weighted by Crippen LogP contribution is -2.38. The van der Waals surface area contributed by atoms with Gasteiger partial charge < -0.3 is 4.74 Å². The molecule has 0 radical (unpaired) electrons. The number of carbonyl (C=O) groups excluding carboxylic acids is 1. The molecule has 1 N–H and O–H groups in total. The summed E-state index contributed by atoms with van der Waals surface area (Å²) in [4.78, 5) is 14.8. The molecule has 0 amide bonds. The van der Waals surface area contributed by atoms with Crippen LogP contribution in [-0.4, -0.2) is 30.1 Å². The predicted octanol–water partition coefficient (Wildman–Crippen LogP) is 3.28. The lowest BCUT2D eigenvalue weighted by atomic mass is 9.98. The Kier molecular flexibility index (Phi) is 4.97. The maximum Gasteiger partial charge on any atom is 0.324 e. The third kappa shape index (κ3) is 3.07. The Morgan fingerprint density at radius 1 is 1.00 bits per heavy atom. The van der Waals surface area contributed by atoms with Gasteiger partial charge in [-0.25, -0.2) is 0 Å². The fourth-order valence-electron chi connectivity index (χ4n) is 3.54. The molecule has 3 atom stereocenters. The molecule has 4 nitrogen and oxygen atoms in total. The molecule has 24 heavy (non-hydrogen) atoms. The van der Waals surface area contributed by atoms with Crippen LogP contribution in [0.2, 0.25) is 0 Å². The van der Waals surface area contributed by atoms with Gasteiger partial charge in [0.1, 0.15) is 6.04 Å². The monoisotopic (exact) mass is 324 g/mol. The molecule has 1 saturated heterocycles. The summed E-state index contributed by atoms with van der Waals surface area (Å²) in [5.74, 6) is -0.229. The van der Waals surface area contributed by atoms with Crippen molar-refractivity contribution in [1.82, 2.24) is 10.2 Å². The van der Waals surface area contributed by atoms with Gasteiger partial charge in [0.05, 0.1) is 19.3 Å². The second-order valence-electron chi connectivity index (χ2n) is 6.38. The average Bonchev–Trinajstić information content (AvgIpc) is 3.03. The van der Waals surface area contributed by atoms with Crippen molar-refractivity contribution >= 4 is 5.97 Å². The van der Waals surface area contributed by atoms with E-state index in [1.807, 2.05) is 36.4 Å². The molecule has 0 aromatic heterocycles. The van der Waals surface area contributed by atoms with Crippen LogP contribution in [0.15, 0.2) is 60.7 Å². The topological polar surface area (TPSA) is 41.6 Å². The van der Waals surface area contributed by atoms with Crippen molar-refractivity contribution in [2.75, 3.05) is 7.11 Å². The molecule has 1 fully saturated rings. The first kappa shape index (κ1) is 16.7. The molecule has 0 spiro atoms. The lowest BCUT2D eigenvalue weighted by molar-refractivity contribution is -0.143. The number of hydrogen-bond donors (Lipinski definition) is 1. The average molecular weight is 324 g/mol. The highest BCUT2D eigenvalue weighted by Crippen LogP contribution is 2.40. The number of methoxy groups -OCH3 is 1. The van der Waals surface area contributed by atoms with Crippen LogP contribution in [0.25, 0.3) is 0 Å². The van der Waals surface area contributed by atoms with Crippen molar-refractivity contribution in [3.05, 3.63) is 71.8 Å². The Morgan fingerprint density at radius 2 is 1.54 bits per heavy atom. The van der Waals surface area contributed by atoms with E-state index < -0.39 is 6.04 Å². The van der Waals surface area contributed by atoms with Crippen molar-refractivity contribution in [1.29, 1.82) is 0 Å². The summed E-state index contributed by atoms with van der Waals surface area (Å²) in [6, 6.07) is 20.2. The van der Waals surface area contributed by atoms with Crippen molar-refractivity contribution in [2.24, 2.45) is 0 Å². The van der Waals surface area contributed by atoms with Crippen LogP contribution in [0.3, 0.4) is 0 Å². The summed E-state index contributed by atoms with van der Waals surface area (Å²) in [5.41, 5.74) is 2.27. The highest BCUT2D eigenvalue weighted by atomic mass is 16.5. The standard InChI is InChI=1S/C20H24N2O2/c1-14(2)22-18(15-10-6-4-7-11-15)17(20(23)24-3)21-19(22)16-12-8-5-9-13-16/h4-14,17-19,21H,1-3H3/t17-,18-,19+/m1/s1. The van der Waals surface area contributed by atoms with E-state index in [4.69, 9.17) is 4.74 Å². The van der Waals surface area contributed by atoms with Gasteiger partial charge in [0.25, 0.3) is 0 Å². The maximum atomic E-state index is 12.4. The maximum absolute atomic E-state index is 12.4. The molecule has 0 aliphatic carbocycles. The molecular weight excluding hydrogens is 300 g/mol. The second-order valence-corrected chi connectivity index (χ2v) is 6.38. The highest BCUT2D eigenvalue weighted by molar-refractivity contribution is 5.77. The Balaban J connectivity index is 2.06. The SMILES string of the molecule is COC(=O)[C@@H]1N[C@H](c2ccccc2)N(C(C)C)[C@@H]1c1ccccc1. The third-order valence-corrected chi connectivity index (χ3v) is 4.58. The largest absolute Gasteiger partial charge is 0.468 e. The number of carbonyl (C=O) groups is 1. The summed E-state index contributed by atoms with van der Waals surface area (Å²) >= 11 is 0. The number of hydrogen-bond acceptors (Lipinski definition) is 4. The van der Waals surface area contributed by atoms with Gasteiger partial charge in [-0.1, -0.05) is 60.7 Å². The normalized spacial score (nSPS) is 24.2. The number of esters is 1. The smallest absolute Gasteiger partial charge is 0.324 e. The van der Waals surface area contributed by atoms with Crippen LogP contribution in [0.1, 0.15) is 37.2 Å². The first-order chi connectivity index (χ1) is 11.6. The van der Waals surface area contributed by atoms with Gasteiger partial charge in [-0.15, -0.1) is 0 Å². The number of nitrogens with one attached hydrogen (secondary N) is 1. The quantitative estimate of drug-likeness (QED) is 0.877. The van der Waals surface area contributed by atoms with Crippen molar-refractivity contribution in [3.8, 4) is 0 Å². The summed E-state index contributed by atoms with van der Waals surface area (Å²) in [6.07, 6.45) is -0.0273. The molecule has 126 valence electrons. The Bertz CT molecular complexity index is 673. The van der Waals surface area contributed by atoms with Gasteiger partial charge in [-0.2, -0.15) is 0 Å². The molecule has 0 bridgehead atoms. The Morgan fingerprint density at radius 3 is 2.04 bits per heavy atom. The van der Waals surface area contributed by atoms with E-state index in [0.29, 0.717) is 0 Å². The summed E-state index contributed by atoms with van der Waals surface area (Å²) < 4.78 is 5.07. The summed E-state index contributed by atoms with van der Waals surface area (Å²) in [6.45, 7) is 4.32. The van der Waals surface area contributed by atoms with Crippen LogP contribution in [0, 0.1) is 0 Å². The van der Waals surface area contributed by atoms with E-state index in [1.54, 1.807) is 0 Å². The van der Waals surface area contributed by atoms with E-state index in [2.05, 4.69) is 48.3 Å². The molecular formula is C20H24N2O2. The zero-order valence-electron chi connectivity index (χ0n) is 14.3. The van der Waals surface area contributed by atoms with Crippen LogP contribution >= 0.6 is 0 Å². The number of benzene rings is 2. The fraction of sp³-hybridized carbons (Fsp3) is 0.350. The van der Waals surface area contributed by atoms with Gasteiger partial charge in [0, 0.05) is 6.04 Å². The Hall–Kier alpha value is -2.17. The van der Waals surface area contributed by atoms with Crippen LogP contribution in [0.5, 0.6) is 0 Å². The van der Waals surface area contributed by atoms with E-state index in [0.717, 1.165) is 11.1 Å². The minimum atomic E-state index is -0.398. The Labute approximate surface area is 143 Å². The van der Waals surface area contributed by atoms with Gasteiger partial charge >= 0.3 is 5.97 Å². The van der Waals surface area contributed by atoms with E-state index in [-0.39, 0.29) is 24.2 Å². The van der Waals surface area contributed by atoms with Gasteiger partial charge in [-0.3, -0.25) is 15.0 Å². The number of rotatable bonds is 4.